The fourth-order valence-corrected chi connectivity index (χ4v) is 1.15. The van der Waals surface area contributed by atoms with E-state index in [0.29, 0.717) is 12.1 Å². The zero-order chi connectivity index (χ0) is 9.68. The van der Waals surface area contributed by atoms with Crippen LogP contribution in [0.2, 0.25) is 0 Å². The van der Waals surface area contributed by atoms with Crippen LogP contribution in [0.25, 0.3) is 0 Å². The Morgan fingerprint density at radius 2 is 1.86 bits per heavy atom. The second-order valence-electron chi connectivity index (χ2n) is 2.92. The summed E-state index contributed by atoms with van der Waals surface area (Å²) in [5.41, 5.74) is 12.9. The molecule has 0 heterocycles. The minimum absolute atomic E-state index is 0. The number of nitriles is 1. The molecule has 76 valence electrons. The summed E-state index contributed by atoms with van der Waals surface area (Å²) in [5.74, 6) is 0. The summed E-state index contributed by atoms with van der Waals surface area (Å²) in [7, 11) is 0. The van der Waals surface area contributed by atoms with Gasteiger partial charge in [0.2, 0.25) is 0 Å². The first-order valence-electron chi connectivity index (χ1n) is 4.23. The first-order valence-corrected chi connectivity index (χ1v) is 4.23. The summed E-state index contributed by atoms with van der Waals surface area (Å²) in [6, 6.07) is 9.33. The Hall–Kier alpha value is -1.08. The highest BCUT2D eigenvalue weighted by Crippen LogP contribution is 2.13. The SMILES string of the molecule is Cl.N#Cc1ccc([C@@H](N)CCN)cc1. The van der Waals surface area contributed by atoms with Crippen LogP contribution in [0.5, 0.6) is 0 Å². The average molecular weight is 212 g/mol. The predicted octanol–water partition coefficient (Wildman–Crippen LogP) is 1.33. The molecule has 0 amide bonds. The van der Waals surface area contributed by atoms with Crippen LogP contribution >= 0.6 is 12.4 Å². The molecule has 1 aromatic rings. The normalized spacial score (nSPS) is 11.2. The maximum atomic E-state index is 8.57. The lowest BCUT2D eigenvalue weighted by molar-refractivity contribution is 0.661. The van der Waals surface area contributed by atoms with Gasteiger partial charge in [0.1, 0.15) is 0 Å². The van der Waals surface area contributed by atoms with E-state index >= 15 is 0 Å². The molecular weight excluding hydrogens is 198 g/mol. The van der Waals surface area contributed by atoms with Gasteiger partial charge in [-0.3, -0.25) is 0 Å². The number of halogens is 1. The maximum absolute atomic E-state index is 8.57. The second kappa shape index (κ2) is 6.39. The van der Waals surface area contributed by atoms with Gasteiger partial charge < -0.3 is 11.5 Å². The standard InChI is InChI=1S/C10H13N3.ClH/c11-6-5-10(13)9-3-1-8(7-12)2-4-9;/h1-4,10H,5-6,11,13H2;1H/t10-;/m0./s1. The molecular formula is C10H14ClN3. The van der Waals surface area contributed by atoms with Gasteiger partial charge in [0.25, 0.3) is 0 Å². The lowest BCUT2D eigenvalue weighted by atomic mass is 10.0. The van der Waals surface area contributed by atoms with Crippen molar-refractivity contribution >= 4 is 12.4 Å². The highest BCUT2D eigenvalue weighted by molar-refractivity contribution is 5.85. The van der Waals surface area contributed by atoms with Crippen LogP contribution in [0, 0.1) is 11.3 Å². The van der Waals surface area contributed by atoms with Crippen molar-refractivity contribution in [3.8, 4) is 6.07 Å². The Labute approximate surface area is 90.1 Å². The summed E-state index contributed by atoms with van der Waals surface area (Å²) in [6.07, 6.45) is 0.770. The van der Waals surface area contributed by atoms with Crippen molar-refractivity contribution in [3.05, 3.63) is 35.4 Å². The zero-order valence-corrected chi connectivity index (χ0v) is 8.63. The maximum Gasteiger partial charge on any atom is 0.0991 e. The molecule has 1 atom stereocenters. The average Bonchev–Trinajstić information content (AvgIpc) is 2.18. The van der Waals surface area contributed by atoms with Crippen molar-refractivity contribution in [2.75, 3.05) is 6.54 Å². The van der Waals surface area contributed by atoms with Gasteiger partial charge >= 0.3 is 0 Å². The summed E-state index contributed by atoms with van der Waals surface area (Å²) in [5, 5.41) is 8.57. The van der Waals surface area contributed by atoms with Gasteiger partial charge in [-0.1, -0.05) is 12.1 Å². The first kappa shape index (κ1) is 12.9. The quantitative estimate of drug-likeness (QED) is 0.792. The van der Waals surface area contributed by atoms with Crippen molar-refractivity contribution in [1.82, 2.24) is 0 Å². The van der Waals surface area contributed by atoms with Gasteiger partial charge in [-0.2, -0.15) is 5.26 Å². The van der Waals surface area contributed by atoms with Gasteiger partial charge in [-0.15, -0.1) is 12.4 Å². The van der Waals surface area contributed by atoms with Gasteiger partial charge in [-0.05, 0) is 30.7 Å². The fraction of sp³-hybridized carbons (Fsp3) is 0.300. The van der Waals surface area contributed by atoms with Crippen LogP contribution in [-0.4, -0.2) is 6.54 Å². The molecule has 0 radical (unpaired) electrons. The Bertz CT molecular complexity index is 302. The topological polar surface area (TPSA) is 75.8 Å². The lowest BCUT2D eigenvalue weighted by Crippen LogP contribution is -2.15. The monoisotopic (exact) mass is 211 g/mol. The molecule has 0 aliphatic heterocycles. The van der Waals surface area contributed by atoms with Gasteiger partial charge in [-0.25, -0.2) is 0 Å². The number of nitrogens with two attached hydrogens (primary N) is 2. The molecule has 0 saturated heterocycles. The molecule has 1 aromatic carbocycles. The van der Waals surface area contributed by atoms with Crippen LogP contribution in [0.1, 0.15) is 23.6 Å². The van der Waals surface area contributed by atoms with Crippen LogP contribution in [0.3, 0.4) is 0 Å². The van der Waals surface area contributed by atoms with Crippen molar-refractivity contribution in [2.24, 2.45) is 11.5 Å². The molecule has 0 fully saturated rings. The van der Waals surface area contributed by atoms with Crippen LogP contribution in [0.15, 0.2) is 24.3 Å². The van der Waals surface area contributed by atoms with Crippen molar-refractivity contribution in [1.29, 1.82) is 5.26 Å². The molecule has 0 aromatic heterocycles. The van der Waals surface area contributed by atoms with E-state index in [-0.39, 0.29) is 18.4 Å². The first-order chi connectivity index (χ1) is 6.27. The molecule has 3 nitrogen and oxygen atoms in total. The van der Waals surface area contributed by atoms with E-state index in [9.17, 15) is 0 Å². The minimum Gasteiger partial charge on any atom is -0.330 e. The Morgan fingerprint density at radius 1 is 1.29 bits per heavy atom. The van der Waals surface area contributed by atoms with E-state index in [1.165, 1.54) is 0 Å². The van der Waals surface area contributed by atoms with Gasteiger partial charge in [0.15, 0.2) is 0 Å². The summed E-state index contributed by atoms with van der Waals surface area (Å²) in [6.45, 7) is 0.584. The summed E-state index contributed by atoms with van der Waals surface area (Å²) >= 11 is 0. The van der Waals surface area contributed by atoms with Crippen molar-refractivity contribution in [3.63, 3.8) is 0 Å². The molecule has 0 saturated carbocycles. The van der Waals surface area contributed by atoms with E-state index in [1.54, 1.807) is 12.1 Å². The summed E-state index contributed by atoms with van der Waals surface area (Å²) in [4.78, 5) is 0. The number of hydrogen-bond acceptors (Lipinski definition) is 3. The van der Waals surface area contributed by atoms with Crippen LogP contribution < -0.4 is 11.5 Å². The Balaban J connectivity index is 0.00000169. The zero-order valence-electron chi connectivity index (χ0n) is 7.81. The summed E-state index contributed by atoms with van der Waals surface area (Å²) < 4.78 is 0. The number of nitrogens with zero attached hydrogens (tertiary/aromatic N) is 1. The number of benzene rings is 1. The molecule has 0 unspecified atom stereocenters. The Kier molecular flexibility index (Phi) is 5.89. The molecule has 0 aliphatic rings. The van der Waals surface area contributed by atoms with Gasteiger partial charge in [0, 0.05) is 6.04 Å². The molecule has 14 heavy (non-hydrogen) atoms. The van der Waals surface area contributed by atoms with Crippen LogP contribution in [-0.2, 0) is 0 Å². The third-order valence-electron chi connectivity index (χ3n) is 1.95. The highest BCUT2D eigenvalue weighted by atomic mass is 35.5. The molecule has 4 N–H and O–H groups in total. The molecule has 4 heteroatoms. The van der Waals surface area contributed by atoms with Crippen molar-refractivity contribution in [2.45, 2.75) is 12.5 Å². The van der Waals surface area contributed by atoms with Crippen LogP contribution in [0.4, 0.5) is 0 Å². The molecule has 0 spiro atoms. The number of rotatable bonds is 3. The third-order valence-corrected chi connectivity index (χ3v) is 1.95. The number of hydrogen-bond donors (Lipinski definition) is 2. The van der Waals surface area contributed by atoms with Crippen molar-refractivity contribution < 1.29 is 0 Å². The molecule has 0 bridgehead atoms. The van der Waals surface area contributed by atoms with E-state index in [1.807, 2.05) is 12.1 Å². The molecule has 1 rings (SSSR count). The predicted molar refractivity (Wildman–Crippen MR) is 59.0 cm³/mol. The fourth-order valence-electron chi connectivity index (χ4n) is 1.15. The van der Waals surface area contributed by atoms with Gasteiger partial charge in [0.05, 0.1) is 11.6 Å². The molecule has 0 aliphatic carbocycles. The minimum atomic E-state index is -0.0160. The Morgan fingerprint density at radius 3 is 2.29 bits per heavy atom. The van der Waals surface area contributed by atoms with E-state index in [0.717, 1.165) is 12.0 Å². The van der Waals surface area contributed by atoms with E-state index in [2.05, 4.69) is 6.07 Å². The van der Waals surface area contributed by atoms with E-state index < -0.39 is 0 Å². The second-order valence-corrected chi connectivity index (χ2v) is 2.92. The largest absolute Gasteiger partial charge is 0.330 e. The lowest BCUT2D eigenvalue weighted by Gasteiger charge is -2.09. The van der Waals surface area contributed by atoms with E-state index in [4.69, 9.17) is 16.7 Å². The third kappa shape index (κ3) is 3.35. The highest BCUT2D eigenvalue weighted by Gasteiger charge is 2.03. The smallest absolute Gasteiger partial charge is 0.0991 e.